The number of nitriles is 1. The Morgan fingerprint density at radius 3 is 2.59 bits per heavy atom. The van der Waals surface area contributed by atoms with Crippen LogP contribution in [0.3, 0.4) is 0 Å². The molecule has 1 heterocycles. The van der Waals surface area contributed by atoms with E-state index in [2.05, 4.69) is 16.3 Å². The number of nitrogens with one attached hydrogen (secondary N) is 1. The molecule has 0 fully saturated rings. The number of nitrogens with zero attached hydrogens (tertiary/aromatic N) is 2. The van der Waals surface area contributed by atoms with E-state index in [0.29, 0.717) is 24.2 Å². The molecule has 1 N–H and O–H groups in total. The Bertz CT molecular complexity index is 873. The van der Waals surface area contributed by atoms with E-state index in [1.54, 1.807) is 38.5 Å². The first-order valence-corrected chi connectivity index (χ1v) is 8.89. The predicted octanol–water partition coefficient (Wildman–Crippen LogP) is 2.96. The summed E-state index contributed by atoms with van der Waals surface area (Å²) in [4.78, 5) is 14.5. The summed E-state index contributed by atoms with van der Waals surface area (Å²) in [6.07, 6.45) is 1.29. The van der Waals surface area contributed by atoms with E-state index in [1.165, 1.54) is 11.1 Å². The van der Waals surface area contributed by atoms with E-state index < -0.39 is 0 Å². The highest BCUT2D eigenvalue weighted by atomic mass is 16.5. The van der Waals surface area contributed by atoms with Gasteiger partial charge in [0, 0.05) is 26.1 Å². The van der Waals surface area contributed by atoms with Gasteiger partial charge in [0.05, 0.1) is 25.5 Å². The van der Waals surface area contributed by atoms with Crippen molar-refractivity contribution in [2.24, 2.45) is 0 Å². The van der Waals surface area contributed by atoms with Crippen molar-refractivity contribution in [2.45, 2.75) is 19.4 Å². The minimum absolute atomic E-state index is 0.0872. The third-order valence-electron chi connectivity index (χ3n) is 4.77. The van der Waals surface area contributed by atoms with Crippen LogP contribution in [0.15, 0.2) is 36.4 Å². The van der Waals surface area contributed by atoms with Gasteiger partial charge in [-0.2, -0.15) is 5.26 Å². The third-order valence-corrected chi connectivity index (χ3v) is 4.77. The molecule has 2 aromatic carbocycles. The number of anilines is 1. The van der Waals surface area contributed by atoms with E-state index in [1.807, 2.05) is 12.1 Å². The monoisotopic (exact) mass is 365 g/mol. The number of hydrogen-bond donors (Lipinski definition) is 1. The van der Waals surface area contributed by atoms with Crippen molar-refractivity contribution in [1.29, 1.82) is 5.26 Å². The molecule has 0 aromatic heterocycles. The number of fused-ring (bicyclic) bond motifs is 1. The molecule has 0 radical (unpaired) electrons. The predicted molar refractivity (Wildman–Crippen MR) is 103 cm³/mol. The van der Waals surface area contributed by atoms with Crippen LogP contribution in [0.25, 0.3) is 0 Å². The van der Waals surface area contributed by atoms with Crippen molar-refractivity contribution in [3.63, 3.8) is 0 Å². The number of amides is 1. The molecule has 0 bridgehead atoms. The molecule has 6 nitrogen and oxygen atoms in total. The number of methoxy groups -OCH3 is 2. The van der Waals surface area contributed by atoms with Gasteiger partial charge in [0.15, 0.2) is 11.5 Å². The highest BCUT2D eigenvalue weighted by molar-refractivity contribution is 5.92. The van der Waals surface area contributed by atoms with Crippen molar-refractivity contribution in [3.8, 4) is 17.6 Å². The molecule has 0 atom stereocenters. The van der Waals surface area contributed by atoms with E-state index in [-0.39, 0.29) is 5.91 Å². The Labute approximate surface area is 159 Å². The Hall–Kier alpha value is -3.04. The number of benzene rings is 2. The quantitative estimate of drug-likeness (QED) is 0.852. The van der Waals surface area contributed by atoms with Crippen molar-refractivity contribution in [2.75, 3.05) is 32.6 Å². The van der Waals surface area contributed by atoms with Crippen LogP contribution < -0.4 is 14.8 Å². The van der Waals surface area contributed by atoms with Crippen LogP contribution in [0.2, 0.25) is 0 Å². The standard InChI is InChI=1S/C21H23N3O3/c1-26-19-11-15-7-9-24(14-17(15)12-20(19)27-2)10-8-21(25)23-18-6-4-3-5-16(18)13-22/h3-6,11-12H,7-10,14H2,1-2H3,(H,23,25). The molecule has 140 valence electrons. The Morgan fingerprint density at radius 1 is 1.19 bits per heavy atom. The normalized spacial score (nSPS) is 13.4. The fourth-order valence-electron chi connectivity index (χ4n) is 3.29. The second-order valence-corrected chi connectivity index (χ2v) is 6.46. The zero-order chi connectivity index (χ0) is 19.2. The maximum atomic E-state index is 12.3. The fourth-order valence-corrected chi connectivity index (χ4v) is 3.29. The van der Waals surface area contributed by atoms with E-state index in [9.17, 15) is 4.79 Å². The van der Waals surface area contributed by atoms with Crippen LogP contribution in [-0.2, 0) is 17.8 Å². The summed E-state index contributed by atoms with van der Waals surface area (Å²) in [7, 11) is 3.27. The van der Waals surface area contributed by atoms with Gasteiger partial charge >= 0.3 is 0 Å². The number of carbonyl (C=O) groups is 1. The van der Waals surface area contributed by atoms with Crippen LogP contribution in [0.1, 0.15) is 23.1 Å². The lowest BCUT2D eigenvalue weighted by atomic mass is 9.98. The van der Waals surface area contributed by atoms with Gasteiger partial charge in [-0.1, -0.05) is 12.1 Å². The number of para-hydroxylation sites is 1. The van der Waals surface area contributed by atoms with Gasteiger partial charge < -0.3 is 14.8 Å². The van der Waals surface area contributed by atoms with Gasteiger partial charge in [0.2, 0.25) is 5.91 Å². The average molecular weight is 365 g/mol. The van der Waals surface area contributed by atoms with Gasteiger partial charge in [0.25, 0.3) is 0 Å². The summed E-state index contributed by atoms with van der Waals surface area (Å²) >= 11 is 0. The molecule has 3 rings (SSSR count). The Balaban J connectivity index is 1.59. The lowest BCUT2D eigenvalue weighted by molar-refractivity contribution is -0.116. The number of hydrogen-bond acceptors (Lipinski definition) is 5. The topological polar surface area (TPSA) is 74.6 Å². The first-order valence-electron chi connectivity index (χ1n) is 8.89. The van der Waals surface area contributed by atoms with Gasteiger partial charge in [-0.05, 0) is 41.8 Å². The molecule has 1 aliphatic heterocycles. The van der Waals surface area contributed by atoms with Crippen molar-refractivity contribution >= 4 is 11.6 Å². The van der Waals surface area contributed by atoms with Gasteiger partial charge in [0.1, 0.15) is 6.07 Å². The van der Waals surface area contributed by atoms with Crippen LogP contribution in [0, 0.1) is 11.3 Å². The Kier molecular flexibility index (Phi) is 5.94. The molecule has 0 aliphatic carbocycles. The number of rotatable bonds is 6. The van der Waals surface area contributed by atoms with Crippen LogP contribution in [0.4, 0.5) is 5.69 Å². The van der Waals surface area contributed by atoms with E-state index >= 15 is 0 Å². The molecule has 27 heavy (non-hydrogen) atoms. The summed E-state index contributed by atoms with van der Waals surface area (Å²) in [6, 6.07) is 13.2. The first-order chi connectivity index (χ1) is 13.1. The van der Waals surface area contributed by atoms with Crippen molar-refractivity contribution in [3.05, 3.63) is 53.1 Å². The molecule has 6 heteroatoms. The molecule has 1 amide bonds. The zero-order valence-corrected chi connectivity index (χ0v) is 15.6. The maximum Gasteiger partial charge on any atom is 0.225 e. The molecule has 0 unspecified atom stereocenters. The third kappa shape index (κ3) is 4.39. The minimum Gasteiger partial charge on any atom is -0.493 e. The smallest absolute Gasteiger partial charge is 0.225 e. The highest BCUT2D eigenvalue weighted by Gasteiger charge is 2.20. The first kappa shape index (κ1) is 18.7. The summed E-state index contributed by atoms with van der Waals surface area (Å²) in [5, 5.41) is 11.9. The summed E-state index contributed by atoms with van der Waals surface area (Å²) in [6.45, 7) is 2.33. The second kappa shape index (κ2) is 8.56. The van der Waals surface area contributed by atoms with Crippen LogP contribution in [0.5, 0.6) is 11.5 Å². The molecule has 0 saturated heterocycles. The molecule has 0 spiro atoms. The zero-order valence-electron chi connectivity index (χ0n) is 15.6. The summed E-state index contributed by atoms with van der Waals surface area (Å²) in [5.74, 6) is 1.39. The largest absolute Gasteiger partial charge is 0.493 e. The van der Waals surface area contributed by atoms with Crippen LogP contribution in [-0.4, -0.2) is 38.1 Å². The number of carbonyl (C=O) groups excluding carboxylic acids is 1. The summed E-state index contributed by atoms with van der Waals surface area (Å²) < 4.78 is 10.8. The van der Waals surface area contributed by atoms with Gasteiger partial charge in [-0.3, -0.25) is 9.69 Å². The molecular weight excluding hydrogens is 342 g/mol. The average Bonchev–Trinajstić information content (AvgIpc) is 2.71. The van der Waals surface area contributed by atoms with Gasteiger partial charge in [-0.25, -0.2) is 0 Å². The SMILES string of the molecule is COc1cc2c(cc1OC)CN(CCC(=O)Nc1ccccc1C#N)CC2. The lowest BCUT2D eigenvalue weighted by Crippen LogP contribution is -2.33. The fraction of sp³-hybridized carbons (Fsp3) is 0.333. The molecular formula is C21H23N3O3. The lowest BCUT2D eigenvalue weighted by Gasteiger charge is -2.29. The maximum absolute atomic E-state index is 12.3. The second-order valence-electron chi connectivity index (χ2n) is 6.46. The molecule has 2 aromatic rings. The van der Waals surface area contributed by atoms with E-state index in [0.717, 1.165) is 31.0 Å². The highest BCUT2D eigenvalue weighted by Crippen LogP contribution is 2.33. The van der Waals surface area contributed by atoms with Crippen LogP contribution >= 0.6 is 0 Å². The molecule has 0 saturated carbocycles. The van der Waals surface area contributed by atoms with E-state index in [4.69, 9.17) is 14.7 Å². The summed E-state index contributed by atoms with van der Waals surface area (Å²) in [5.41, 5.74) is 3.50. The minimum atomic E-state index is -0.0872. The molecule has 1 aliphatic rings. The van der Waals surface area contributed by atoms with Gasteiger partial charge in [-0.15, -0.1) is 0 Å². The Morgan fingerprint density at radius 2 is 1.89 bits per heavy atom. The van der Waals surface area contributed by atoms with Crippen molar-refractivity contribution in [1.82, 2.24) is 4.90 Å². The van der Waals surface area contributed by atoms with Crippen molar-refractivity contribution < 1.29 is 14.3 Å². The number of ether oxygens (including phenoxy) is 2.